The van der Waals surface area contributed by atoms with Crippen molar-refractivity contribution in [1.29, 1.82) is 8.82 Å². The van der Waals surface area contributed by atoms with Gasteiger partial charge < -0.3 is 0 Å². The SMILES string of the molecule is C=[CH][Co](=[NH])(=[NH])(=[CH]c1ccccc1O)=[CH]c1ccccc1O. The molecule has 0 bridgehead atoms. The van der Waals surface area contributed by atoms with Crippen molar-refractivity contribution >= 4 is 9.91 Å². The van der Waals surface area contributed by atoms with Crippen molar-refractivity contribution in [1.82, 2.24) is 0 Å². The molecule has 21 heavy (non-hydrogen) atoms. The van der Waals surface area contributed by atoms with E-state index in [0.717, 1.165) is 0 Å². The molecule has 2 aromatic rings. The summed E-state index contributed by atoms with van der Waals surface area (Å²) < 4.78 is 17.1. The summed E-state index contributed by atoms with van der Waals surface area (Å²) in [5.74, 6) is 0.0244. The third-order valence-corrected chi connectivity index (χ3v) is 5.65. The second-order valence-corrected chi connectivity index (χ2v) is 8.57. The number of rotatable bonds is 3. The van der Waals surface area contributed by atoms with Crippen LogP contribution in [0.1, 0.15) is 11.1 Å². The van der Waals surface area contributed by atoms with Crippen LogP contribution in [0.25, 0.3) is 0 Å². The summed E-state index contributed by atoms with van der Waals surface area (Å²) in [6.07, 6.45) is 0. The predicted octanol–water partition coefficient (Wildman–Crippen LogP) is 3.46. The summed E-state index contributed by atoms with van der Waals surface area (Å²) in [4.78, 5) is 2.80. The number of hydrogen-bond donors (Lipinski definition) is 4. The molecule has 0 saturated heterocycles. The maximum atomic E-state index is 9.83. The van der Waals surface area contributed by atoms with Crippen LogP contribution in [0.15, 0.2) is 60.1 Å². The van der Waals surface area contributed by atoms with E-state index in [4.69, 9.17) is 8.82 Å². The normalized spacial score (nSPS) is 12.9. The molecule has 4 N–H and O–H groups in total. The van der Waals surface area contributed by atoms with Crippen molar-refractivity contribution in [3.05, 3.63) is 71.2 Å². The molecule has 0 fully saturated rings. The Bertz CT molecular complexity index is 952. The Hall–Kier alpha value is -2.37. The number of nitrogens with one attached hydrogen (secondary N) is 2. The standard InChI is InChI=1S/2C7H6O.C2H3.Co.2HN/c2*1-6-4-2-3-5-7(6)8;1-2;;;/h2*1-5,8H;1H,2H2;;2*1H. The third-order valence-electron chi connectivity index (χ3n) is 2.79. The van der Waals surface area contributed by atoms with Crippen LogP contribution in [0.4, 0.5) is 0 Å². The Morgan fingerprint density at radius 2 is 1.19 bits per heavy atom. The Balaban J connectivity index is 2.86. The first-order valence-electron chi connectivity index (χ1n) is 6.00. The fourth-order valence-corrected chi connectivity index (χ4v) is 3.93. The van der Waals surface area contributed by atoms with E-state index in [1.54, 1.807) is 36.4 Å². The van der Waals surface area contributed by atoms with E-state index >= 15 is 0 Å². The number of para-hydroxylation sites is 2. The minimum atomic E-state index is -4.04. The third kappa shape index (κ3) is 3.39. The van der Waals surface area contributed by atoms with E-state index in [2.05, 4.69) is 6.58 Å². The van der Waals surface area contributed by atoms with Crippen molar-refractivity contribution in [2.75, 3.05) is 0 Å². The summed E-state index contributed by atoms with van der Waals surface area (Å²) >= 11 is 0. The van der Waals surface area contributed by atoms with Gasteiger partial charge in [0.2, 0.25) is 0 Å². The molecule has 0 atom stereocenters. The van der Waals surface area contributed by atoms with E-state index in [-0.39, 0.29) is 11.5 Å². The molecule has 2 aromatic carbocycles. The van der Waals surface area contributed by atoms with Crippen molar-refractivity contribution in [2.24, 2.45) is 0 Å². The van der Waals surface area contributed by atoms with Crippen molar-refractivity contribution in [2.45, 2.75) is 0 Å². The van der Waals surface area contributed by atoms with Gasteiger partial charge in [-0.15, -0.1) is 0 Å². The second kappa shape index (κ2) is 5.19. The molecule has 0 radical (unpaired) electrons. The Kier molecular flexibility index (Phi) is 3.72. The monoisotopic (exact) mass is 328 g/mol. The molecule has 0 amide bonds. The van der Waals surface area contributed by atoms with Gasteiger partial charge in [-0.2, -0.15) is 0 Å². The molecule has 0 unspecified atom stereocenters. The molecule has 0 aromatic heterocycles. The zero-order valence-electron chi connectivity index (χ0n) is 11.3. The summed E-state index contributed by atoms with van der Waals surface area (Å²) in [6.45, 7) is 3.61. The molecule has 0 aliphatic heterocycles. The molecular formula is C16H17CoN2O2. The van der Waals surface area contributed by atoms with Crippen molar-refractivity contribution in [3.63, 3.8) is 0 Å². The second-order valence-electron chi connectivity index (χ2n) is 4.44. The number of hydrogen-bond acceptors (Lipinski definition) is 4. The van der Waals surface area contributed by atoms with Gasteiger partial charge in [0.15, 0.2) is 0 Å². The van der Waals surface area contributed by atoms with Crippen LogP contribution in [0.5, 0.6) is 11.5 Å². The van der Waals surface area contributed by atoms with Crippen LogP contribution in [0.3, 0.4) is 0 Å². The molecule has 0 spiro atoms. The molecule has 0 aliphatic rings. The topological polar surface area (TPSA) is 88.2 Å². The Morgan fingerprint density at radius 3 is 1.52 bits per heavy atom. The first kappa shape index (κ1) is 15.0. The van der Waals surface area contributed by atoms with Crippen LogP contribution < -0.4 is 0 Å². The first-order valence-corrected chi connectivity index (χ1v) is 8.84. The molecule has 0 aliphatic carbocycles. The van der Waals surface area contributed by atoms with E-state index in [9.17, 15) is 10.2 Å². The average Bonchev–Trinajstić information content (AvgIpc) is 2.44. The summed E-state index contributed by atoms with van der Waals surface area (Å²) in [5, 5.41) is 20.9. The molecule has 0 heterocycles. The quantitative estimate of drug-likeness (QED) is 0.695. The van der Waals surface area contributed by atoms with E-state index in [1.807, 2.05) is 0 Å². The van der Waals surface area contributed by atoms with Crippen molar-refractivity contribution in [3.8, 4) is 11.5 Å². The number of aromatic hydroxyl groups is 2. The zero-order valence-corrected chi connectivity index (χ0v) is 12.3. The van der Waals surface area contributed by atoms with E-state index < -0.39 is 10.3 Å². The Labute approximate surface area is 122 Å². The fourth-order valence-electron chi connectivity index (χ4n) is 1.69. The van der Waals surface area contributed by atoms with Gasteiger partial charge in [-0.05, 0) is 0 Å². The van der Waals surface area contributed by atoms with Gasteiger partial charge in [-0.25, -0.2) is 0 Å². The number of phenolic OH excluding ortho intramolecular Hbond substituents is 2. The van der Waals surface area contributed by atoms with Gasteiger partial charge in [0.05, 0.1) is 0 Å². The average molecular weight is 328 g/mol. The van der Waals surface area contributed by atoms with Gasteiger partial charge in [0, 0.05) is 0 Å². The summed E-state index contributed by atoms with van der Waals surface area (Å²) in [7, 11) is -4.04. The summed E-state index contributed by atoms with van der Waals surface area (Å²) in [5.41, 5.74) is 0.817. The van der Waals surface area contributed by atoms with Crippen LogP contribution >= 0.6 is 0 Å². The first-order chi connectivity index (χ1) is 9.82. The van der Waals surface area contributed by atoms with E-state index in [1.165, 1.54) is 27.1 Å². The van der Waals surface area contributed by atoms with Gasteiger partial charge in [0.25, 0.3) is 0 Å². The number of benzene rings is 2. The van der Waals surface area contributed by atoms with Gasteiger partial charge in [0.1, 0.15) is 0 Å². The van der Waals surface area contributed by atoms with Gasteiger partial charge in [-0.3, -0.25) is 0 Å². The van der Waals surface area contributed by atoms with E-state index in [0.29, 0.717) is 11.1 Å². The van der Waals surface area contributed by atoms with Crippen LogP contribution in [-0.2, 0) is 10.3 Å². The zero-order chi connectivity index (χ0) is 15.5. The summed E-state index contributed by atoms with van der Waals surface area (Å²) in [6, 6.07) is 13.1. The Morgan fingerprint density at radius 1 is 0.810 bits per heavy atom. The van der Waals surface area contributed by atoms with Gasteiger partial charge >= 0.3 is 122 Å². The molecule has 5 heteroatoms. The molecule has 0 saturated carbocycles. The number of phenols is 2. The molecule has 2 rings (SSSR count). The molecule has 4 nitrogen and oxygen atoms in total. The minimum absolute atomic E-state index is 0.0122. The van der Waals surface area contributed by atoms with Gasteiger partial charge in [-0.1, -0.05) is 0 Å². The van der Waals surface area contributed by atoms with Crippen LogP contribution in [-0.4, -0.2) is 20.1 Å². The fraction of sp³-hybridized carbons (Fsp3) is 0. The molecular weight excluding hydrogens is 311 g/mol. The maximum absolute atomic E-state index is 9.83. The van der Waals surface area contributed by atoms with Crippen LogP contribution in [0, 0.1) is 8.82 Å². The molecule has 112 valence electrons. The van der Waals surface area contributed by atoms with Crippen molar-refractivity contribution < 1.29 is 20.5 Å². The predicted molar refractivity (Wildman–Crippen MR) is 82.2 cm³/mol. The van der Waals surface area contributed by atoms with Crippen LogP contribution in [0.2, 0.25) is 0 Å².